The Morgan fingerprint density at radius 2 is 1.63 bits per heavy atom. The molecule has 0 radical (unpaired) electrons. The minimum Gasteiger partial charge on any atom is -0.399 e. The van der Waals surface area contributed by atoms with Crippen molar-refractivity contribution in [3.8, 4) is 0 Å². The Labute approximate surface area is 114 Å². The molecule has 2 rings (SSSR count). The Kier molecular flexibility index (Phi) is 3.62. The summed E-state index contributed by atoms with van der Waals surface area (Å²) in [5, 5.41) is 0. The van der Waals surface area contributed by atoms with Crippen molar-refractivity contribution in [3.05, 3.63) is 59.2 Å². The zero-order chi connectivity index (χ0) is 14.0. The van der Waals surface area contributed by atoms with Crippen molar-refractivity contribution in [1.29, 1.82) is 0 Å². The third-order valence-electron chi connectivity index (χ3n) is 2.86. The van der Waals surface area contributed by atoms with Gasteiger partial charge in [0, 0.05) is 5.69 Å². The second-order valence-corrected chi connectivity index (χ2v) is 6.82. The molecule has 0 bridgehead atoms. The molecule has 0 amide bonds. The molecule has 3 nitrogen and oxygen atoms in total. The minimum atomic E-state index is -3.35. The zero-order valence-corrected chi connectivity index (χ0v) is 11.9. The van der Waals surface area contributed by atoms with Crippen molar-refractivity contribution in [1.82, 2.24) is 0 Å². The molecule has 0 aliphatic carbocycles. The van der Waals surface area contributed by atoms with Gasteiger partial charge in [-0.05, 0) is 37.6 Å². The van der Waals surface area contributed by atoms with Crippen LogP contribution in [-0.4, -0.2) is 8.42 Å². The van der Waals surface area contributed by atoms with Gasteiger partial charge in [-0.3, -0.25) is 0 Å². The fraction of sp³-hybridized carbons (Fsp3) is 0.200. The van der Waals surface area contributed by atoms with Gasteiger partial charge >= 0.3 is 0 Å². The van der Waals surface area contributed by atoms with E-state index in [0.717, 1.165) is 16.7 Å². The molecule has 0 spiro atoms. The quantitative estimate of drug-likeness (QED) is 0.876. The summed E-state index contributed by atoms with van der Waals surface area (Å²) in [5.41, 5.74) is 9.03. The fourth-order valence-electron chi connectivity index (χ4n) is 2.16. The third kappa shape index (κ3) is 3.35. The van der Waals surface area contributed by atoms with E-state index in [-0.39, 0.29) is 10.6 Å². The summed E-state index contributed by atoms with van der Waals surface area (Å²) in [6, 6.07) is 12.2. The molecule has 0 heterocycles. The Morgan fingerprint density at radius 1 is 1.00 bits per heavy atom. The van der Waals surface area contributed by atoms with E-state index in [1.807, 2.05) is 32.0 Å². The molecule has 2 aromatic rings. The van der Waals surface area contributed by atoms with E-state index in [9.17, 15) is 8.42 Å². The van der Waals surface area contributed by atoms with Crippen molar-refractivity contribution in [2.75, 3.05) is 5.73 Å². The van der Waals surface area contributed by atoms with Gasteiger partial charge in [-0.15, -0.1) is 0 Å². The molecule has 0 aliphatic rings. The van der Waals surface area contributed by atoms with Crippen molar-refractivity contribution in [2.24, 2.45) is 0 Å². The van der Waals surface area contributed by atoms with E-state index in [1.54, 1.807) is 18.2 Å². The van der Waals surface area contributed by atoms with Gasteiger partial charge < -0.3 is 5.73 Å². The van der Waals surface area contributed by atoms with Crippen LogP contribution in [0.5, 0.6) is 0 Å². The predicted octanol–water partition coefficient (Wildman–Crippen LogP) is 2.86. The lowest BCUT2D eigenvalue weighted by Crippen LogP contribution is -2.06. The van der Waals surface area contributed by atoms with E-state index in [1.165, 1.54) is 6.07 Å². The number of aryl methyl sites for hydroxylation is 2. The summed E-state index contributed by atoms with van der Waals surface area (Å²) in [5.74, 6) is -0.00102. The minimum absolute atomic E-state index is 0.00102. The fourth-order valence-corrected chi connectivity index (χ4v) is 3.54. The Hall–Kier alpha value is -1.81. The molecular formula is C15H17NO2S. The van der Waals surface area contributed by atoms with Crippen LogP contribution in [-0.2, 0) is 15.6 Å². The van der Waals surface area contributed by atoms with Gasteiger partial charge in [0.05, 0.1) is 10.6 Å². The van der Waals surface area contributed by atoms with Crippen LogP contribution in [0.15, 0.2) is 47.4 Å². The number of rotatable bonds is 3. The van der Waals surface area contributed by atoms with Crippen LogP contribution in [0.25, 0.3) is 0 Å². The third-order valence-corrected chi connectivity index (χ3v) is 4.54. The molecule has 0 unspecified atom stereocenters. The number of hydrogen-bond acceptors (Lipinski definition) is 3. The molecule has 0 saturated carbocycles. The number of nitrogen functional groups attached to an aromatic ring is 1. The van der Waals surface area contributed by atoms with Crippen LogP contribution in [0, 0.1) is 13.8 Å². The van der Waals surface area contributed by atoms with Crippen LogP contribution in [0.4, 0.5) is 5.69 Å². The smallest absolute Gasteiger partial charge is 0.182 e. The Morgan fingerprint density at radius 3 is 2.21 bits per heavy atom. The summed E-state index contributed by atoms with van der Waals surface area (Å²) in [6.45, 7) is 3.92. The van der Waals surface area contributed by atoms with E-state index in [2.05, 4.69) is 0 Å². The van der Waals surface area contributed by atoms with Crippen molar-refractivity contribution < 1.29 is 8.42 Å². The molecule has 19 heavy (non-hydrogen) atoms. The van der Waals surface area contributed by atoms with E-state index in [0.29, 0.717) is 5.69 Å². The Balaban J connectivity index is 2.36. The van der Waals surface area contributed by atoms with Gasteiger partial charge in [-0.25, -0.2) is 8.42 Å². The van der Waals surface area contributed by atoms with Gasteiger partial charge in [0.25, 0.3) is 0 Å². The maximum absolute atomic E-state index is 12.3. The molecule has 100 valence electrons. The molecule has 4 heteroatoms. The second-order valence-electron chi connectivity index (χ2n) is 4.83. The first-order valence-electron chi connectivity index (χ1n) is 6.02. The number of nitrogens with two attached hydrogens (primary N) is 1. The SMILES string of the molecule is Cc1cc(C)cc(CS(=O)(=O)c2cccc(N)c2)c1. The van der Waals surface area contributed by atoms with E-state index < -0.39 is 9.84 Å². The van der Waals surface area contributed by atoms with Crippen LogP contribution >= 0.6 is 0 Å². The topological polar surface area (TPSA) is 60.2 Å². The highest BCUT2D eigenvalue weighted by atomic mass is 32.2. The predicted molar refractivity (Wildman–Crippen MR) is 77.7 cm³/mol. The lowest BCUT2D eigenvalue weighted by molar-refractivity contribution is 0.595. The molecule has 0 fully saturated rings. The van der Waals surface area contributed by atoms with Crippen molar-refractivity contribution in [2.45, 2.75) is 24.5 Å². The molecule has 2 N–H and O–H groups in total. The van der Waals surface area contributed by atoms with Crippen LogP contribution in [0.2, 0.25) is 0 Å². The van der Waals surface area contributed by atoms with Crippen molar-refractivity contribution in [3.63, 3.8) is 0 Å². The van der Waals surface area contributed by atoms with Gasteiger partial charge in [-0.2, -0.15) is 0 Å². The average Bonchev–Trinajstić information content (AvgIpc) is 2.26. The average molecular weight is 275 g/mol. The molecule has 0 atom stereocenters. The van der Waals surface area contributed by atoms with E-state index >= 15 is 0 Å². The number of anilines is 1. The second kappa shape index (κ2) is 5.05. The highest BCUT2D eigenvalue weighted by Gasteiger charge is 2.15. The van der Waals surface area contributed by atoms with Gasteiger partial charge in [0.15, 0.2) is 9.84 Å². The lowest BCUT2D eigenvalue weighted by Gasteiger charge is -2.07. The van der Waals surface area contributed by atoms with Crippen LogP contribution < -0.4 is 5.73 Å². The first-order chi connectivity index (χ1) is 8.87. The first kappa shape index (κ1) is 13.6. The normalized spacial score (nSPS) is 11.5. The molecule has 0 saturated heterocycles. The molecule has 0 aromatic heterocycles. The summed E-state index contributed by atoms with van der Waals surface area (Å²) in [6.07, 6.45) is 0. The molecule has 0 aliphatic heterocycles. The van der Waals surface area contributed by atoms with Crippen molar-refractivity contribution >= 4 is 15.5 Å². The summed E-state index contributed by atoms with van der Waals surface area (Å²) < 4.78 is 24.6. The van der Waals surface area contributed by atoms with Crippen LogP contribution in [0.3, 0.4) is 0 Å². The molecular weight excluding hydrogens is 258 g/mol. The zero-order valence-electron chi connectivity index (χ0n) is 11.1. The maximum atomic E-state index is 12.3. The largest absolute Gasteiger partial charge is 0.399 e. The van der Waals surface area contributed by atoms with E-state index in [4.69, 9.17) is 5.73 Å². The van der Waals surface area contributed by atoms with Gasteiger partial charge in [0.1, 0.15) is 0 Å². The highest BCUT2D eigenvalue weighted by Crippen LogP contribution is 2.20. The maximum Gasteiger partial charge on any atom is 0.182 e. The van der Waals surface area contributed by atoms with Gasteiger partial charge in [-0.1, -0.05) is 35.4 Å². The van der Waals surface area contributed by atoms with Crippen LogP contribution in [0.1, 0.15) is 16.7 Å². The summed E-state index contributed by atoms with van der Waals surface area (Å²) >= 11 is 0. The number of benzene rings is 2. The number of hydrogen-bond donors (Lipinski definition) is 1. The number of sulfone groups is 1. The monoisotopic (exact) mass is 275 g/mol. The Bertz CT molecular complexity index is 686. The van der Waals surface area contributed by atoms with Gasteiger partial charge in [0.2, 0.25) is 0 Å². The summed E-state index contributed by atoms with van der Waals surface area (Å²) in [7, 11) is -3.35. The molecule has 2 aromatic carbocycles. The lowest BCUT2D eigenvalue weighted by atomic mass is 10.1. The highest BCUT2D eigenvalue weighted by molar-refractivity contribution is 7.90. The summed E-state index contributed by atoms with van der Waals surface area (Å²) in [4.78, 5) is 0.270. The first-order valence-corrected chi connectivity index (χ1v) is 7.67. The standard InChI is InChI=1S/C15H17NO2S/c1-11-6-12(2)8-13(7-11)10-19(17,18)15-5-3-4-14(16)9-15/h3-9H,10,16H2,1-2H3.